The maximum Gasteiger partial charge on any atom is 0.161 e. The molecule has 0 unspecified atom stereocenters. The number of fused-ring (bicyclic) bond motifs is 1. The number of aromatic nitrogens is 2. The molecule has 3 aromatic carbocycles. The fourth-order valence-electron chi connectivity index (χ4n) is 2.68. The van der Waals surface area contributed by atoms with Crippen LogP contribution in [0.25, 0.3) is 22.0 Å². The first-order valence-electron chi connectivity index (χ1n) is 7.65. The smallest absolute Gasteiger partial charge is 0.161 e. The average Bonchev–Trinajstić information content (AvgIpc) is 2.64. The van der Waals surface area contributed by atoms with E-state index in [0.29, 0.717) is 5.02 Å². The van der Waals surface area contributed by atoms with Crippen molar-refractivity contribution in [2.75, 3.05) is 5.32 Å². The quantitative estimate of drug-likeness (QED) is 0.545. The predicted octanol–water partition coefficient (Wildman–Crippen LogP) is 4.47. The van der Waals surface area contributed by atoms with E-state index >= 15 is 0 Å². The van der Waals surface area contributed by atoms with Crippen LogP contribution in [0.4, 0.5) is 11.5 Å². The number of nitrogens with zero attached hydrogens (tertiary/aromatic N) is 2. The first-order chi connectivity index (χ1) is 11.8. The van der Waals surface area contributed by atoms with Crippen molar-refractivity contribution in [1.82, 2.24) is 10.2 Å². The van der Waals surface area contributed by atoms with Crippen LogP contribution in [0.2, 0.25) is 5.02 Å². The Labute approximate surface area is 168 Å². The van der Waals surface area contributed by atoms with E-state index in [-0.39, 0.29) is 23.4 Å². The summed E-state index contributed by atoms with van der Waals surface area (Å²) in [4.78, 5) is 0. The monoisotopic (exact) mass is 403 g/mol. The van der Waals surface area contributed by atoms with E-state index in [2.05, 4.69) is 27.6 Å². The van der Waals surface area contributed by atoms with Crippen molar-refractivity contribution in [3.63, 3.8) is 0 Å². The molecule has 0 saturated carbocycles. The molecule has 0 spiro atoms. The lowest BCUT2D eigenvalue weighted by Crippen LogP contribution is -1.99. The topological polar surface area (TPSA) is 101 Å². The minimum atomic E-state index is 0. The molecular weight excluding hydrogens is 385 g/mol. The maximum absolute atomic E-state index is 5.99. The summed E-state index contributed by atoms with van der Waals surface area (Å²) >= 11 is 5.99. The second kappa shape index (κ2) is 9.85. The molecule has 0 atom stereocenters. The van der Waals surface area contributed by atoms with Crippen LogP contribution in [-0.2, 0) is 0 Å². The Balaban J connectivity index is 0.00000121. The van der Waals surface area contributed by atoms with Gasteiger partial charge < -0.3 is 16.3 Å². The van der Waals surface area contributed by atoms with Crippen LogP contribution in [0, 0.1) is 0 Å². The molecule has 5 N–H and O–H groups in total. The molecule has 1 aromatic heterocycles. The average molecular weight is 404 g/mol. The molecule has 7 heteroatoms. The molecule has 0 fully saturated rings. The Bertz CT molecular complexity index is 997. The number of benzene rings is 3. The summed E-state index contributed by atoms with van der Waals surface area (Å²) in [5.41, 5.74) is 2.83. The normalized spacial score (nSPS) is 9.52. The summed E-state index contributed by atoms with van der Waals surface area (Å²) in [6.07, 6.45) is 0. The van der Waals surface area contributed by atoms with Crippen molar-refractivity contribution >= 4 is 46.3 Å². The molecule has 0 radical (unpaired) electrons. The van der Waals surface area contributed by atoms with Gasteiger partial charge in [0.2, 0.25) is 0 Å². The van der Waals surface area contributed by atoms with Gasteiger partial charge in [0.25, 0.3) is 0 Å². The molecule has 0 amide bonds. The summed E-state index contributed by atoms with van der Waals surface area (Å²) in [6.45, 7) is 0. The van der Waals surface area contributed by atoms with Crippen LogP contribution in [0.1, 0.15) is 0 Å². The molecule has 0 bridgehead atoms. The fourth-order valence-corrected chi connectivity index (χ4v) is 2.80. The van der Waals surface area contributed by atoms with Gasteiger partial charge in [0, 0.05) is 27.0 Å². The van der Waals surface area contributed by atoms with Gasteiger partial charge in [-0.3, -0.25) is 0 Å². The number of para-hydroxylation sites is 1. The van der Waals surface area contributed by atoms with E-state index in [1.807, 2.05) is 66.7 Å². The lowest BCUT2D eigenvalue weighted by molar-refractivity contribution is 0.823. The Morgan fingerprint density at radius 3 is 1.93 bits per heavy atom. The summed E-state index contributed by atoms with van der Waals surface area (Å²) in [5, 5.41) is 15.0. The number of anilines is 2. The lowest BCUT2D eigenvalue weighted by Gasteiger charge is -2.11. The SMILES string of the molecule is Cl.Clc1ccc(-c2nnc(Nc3ccccc3)c3ccccc23)cc1.O.O. The van der Waals surface area contributed by atoms with Gasteiger partial charge in [-0.15, -0.1) is 22.6 Å². The molecule has 140 valence electrons. The molecule has 4 rings (SSSR count). The highest BCUT2D eigenvalue weighted by molar-refractivity contribution is 6.30. The largest absolute Gasteiger partial charge is 0.412 e. The standard InChI is InChI=1S/C20H14ClN3.ClH.2H2O/c21-15-12-10-14(11-13-15)19-17-8-4-5-9-18(17)20(24-23-19)22-16-6-2-1-3-7-16;;;/h1-13H,(H,22,24);1H;2*1H2. The van der Waals surface area contributed by atoms with Gasteiger partial charge >= 0.3 is 0 Å². The minimum absolute atomic E-state index is 0. The zero-order valence-corrected chi connectivity index (χ0v) is 15.8. The number of hydrogen-bond acceptors (Lipinski definition) is 3. The van der Waals surface area contributed by atoms with E-state index in [9.17, 15) is 0 Å². The number of hydrogen-bond donors (Lipinski definition) is 1. The highest BCUT2D eigenvalue weighted by atomic mass is 35.5. The van der Waals surface area contributed by atoms with E-state index in [1.54, 1.807) is 0 Å². The summed E-state index contributed by atoms with van der Waals surface area (Å²) in [6, 6.07) is 25.7. The second-order valence-corrected chi connectivity index (χ2v) is 5.88. The Morgan fingerprint density at radius 1 is 0.667 bits per heavy atom. The van der Waals surface area contributed by atoms with Crippen LogP contribution < -0.4 is 5.32 Å². The van der Waals surface area contributed by atoms with Crippen LogP contribution >= 0.6 is 24.0 Å². The van der Waals surface area contributed by atoms with Gasteiger partial charge in [-0.05, 0) is 24.3 Å². The van der Waals surface area contributed by atoms with Crippen LogP contribution in [0.15, 0.2) is 78.9 Å². The van der Waals surface area contributed by atoms with Crippen LogP contribution in [-0.4, -0.2) is 21.1 Å². The maximum atomic E-state index is 5.99. The predicted molar refractivity (Wildman–Crippen MR) is 114 cm³/mol. The molecule has 27 heavy (non-hydrogen) atoms. The molecule has 0 saturated heterocycles. The van der Waals surface area contributed by atoms with Crippen molar-refractivity contribution in [3.8, 4) is 11.3 Å². The molecule has 1 heterocycles. The Hall–Kier alpha value is -2.70. The molecule has 0 aliphatic heterocycles. The molecular formula is C20H19Cl2N3O2. The Morgan fingerprint density at radius 2 is 1.26 bits per heavy atom. The Kier molecular flexibility index (Phi) is 8.15. The van der Waals surface area contributed by atoms with Crippen LogP contribution in [0.5, 0.6) is 0 Å². The second-order valence-electron chi connectivity index (χ2n) is 5.44. The highest BCUT2D eigenvalue weighted by Crippen LogP contribution is 2.31. The zero-order chi connectivity index (χ0) is 16.4. The first kappa shape index (κ1) is 22.3. The van der Waals surface area contributed by atoms with Crippen molar-refractivity contribution in [2.45, 2.75) is 0 Å². The lowest BCUT2D eigenvalue weighted by atomic mass is 10.0. The minimum Gasteiger partial charge on any atom is -0.412 e. The van der Waals surface area contributed by atoms with E-state index in [0.717, 1.165) is 33.5 Å². The van der Waals surface area contributed by atoms with Gasteiger partial charge in [-0.25, -0.2) is 0 Å². The third-order valence-corrected chi connectivity index (χ3v) is 4.09. The number of halogens is 2. The van der Waals surface area contributed by atoms with Crippen molar-refractivity contribution in [2.24, 2.45) is 0 Å². The van der Waals surface area contributed by atoms with Crippen molar-refractivity contribution in [3.05, 3.63) is 83.9 Å². The van der Waals surface area contributed by atoms with Gasteiger partial charge in [-0.2, -0.15) is 0 Å². The van der Waals surface area contributed by atoms with E-state index in [1.165, 1.54) is 0 Å². The third-order valence-electron chi connectivity index (χ3n) is 3.84. The summed E-state index contributed by atoms with van der Waals surface area (Å²) < 4.78 is 0. The number of rotatable bonds is 3. The molecule has 0 aliphatic carbocycles. The van der Waals surface area contributed by atoms with E-state index < -0.39 is 0 Å². The molecule has 5 nitrogen and oxygen atoms in total. The van der Waals surface area contributed by atoms with Crippen molar-refractivity contribution in [1.29, 1.82) is 0 Å². The molecule has 0 aliphatic rings. The summed E-state index contributed by atoms with van der Waals surface area (Å²) in [5.74, 6) is 0.745. The van der Waals surface area contributed by atoms with Crippen LogP contribution in [0.3, 0.4) is 0 Å². The number of nitrogens with one attached hydrogen (secondary N) is 1. The first-order valence-corrected chi connectivity index (χ1v) is 8.02. The molecule has 4 aromatic rings. The highest BCUT2D eigenvalue weighted by Gasteiger charge is 2.11. The van der Waals surface area contributed by atoms with Gasteiger partial charge in [0.15, 0.2) is 5.82 Å². The van der Waals surface area contributed by atoms with Gasteiger partial charge in [0.1, 0.15) is 5.69 Å². The van der Waals surface area contributed by atoms with E-state index in [4.69, 9.17) is 11.6 Å². The van der Waals surface area contributed by atoms with Gasteiger partial charge in [0.05, 0.1) is 0 Å². The third kappa shape index (κ3) is 4.72. The van der Waals surface area contributed by atoms with Gasteiger partial charge in [-0.1, -0.05) is 66.2 Å². The zero-order valence-electron chi connectivity index (χ0n) is 14.2. The summed E-state index contributed by atoms with van der Waals surface area (Å²) in [7, 11) is 0. The van der Waals surface area contributed by atoms with Crippen molar-refractivity contribution < 1.29 is 11.0 Å². The fraction of sp³-hybridized carbons (Fsp3) is 0.